The van der Waals surface area contributed by atoms with Crippen LogP contribution < -0.4 is 54.6 Å². The number of rotatable bonds is 26. The van der Waals surface area contributed by atoms with Gasteiger partial charge < -0.3 is 73.8 Å². The summed E-state index contributed by atoms with van der Waals surface area (Å²) in [7, 11) is 0. The van der Waals surface area contributed by atoms with Gasteiger partial charge in [-0.15, -0.1) is 0 Å². The van der Waals surface area contributed by atoms with Crippen LogP contribution in [0, 0.1) is 0 Å². The van der Waals surface area contributed by atoms with Gasteiger partial charge in [0.25, 0.3) is 5.91 Å². The minimum Gasteiger partial charge on any atom is -0.548 e. The van der Waals surface area contributed by atoms with E-state index in [1.165, 1.54) is 0 Å². The Kier molecular flexibility index (Phi) is 21.2. The minimum atomic E-state index is -1.60. The molecule has 0 radical (unpaired) electrons. The summed E-state index contributed by atoms with van der Waals surface area (Å²) in [6.45, 7) is 2.25. The fourth-order valence-corrected chi connectivity index (χ4v) is 3.65. The van der Waals surface area contributed by atoms with E-state index in [0.717, 1.165) is 19.1 Å². The zero-order valence-electron chi connectivity index (χ0n) is 24.2. The maximum absolute atomic E-state index is 13.1. The number of aliphatic carboxylic acids is 1. The topological polar surface area (TPSA) is 304 Å². The molecule has 0 fully saturated rings. The van der Waals surface area contributed by atoms with Crippen LogP contribution in [0.3, 0.4) is 0 Å². The molecule has 0 aliphatic rings. The number of quaternary nitrogens is 1. The first-order chi connectivity index (χ1) is 20.0. The third kappa shape index (κ3) is 18.0. The van der Waals surface area contributed by atoms with E-state index in [4.69, 9.17) is 17.2 Å². The van der Waals surface area contributed by atoms with Crippen LogP contribution in [0.2, 0.25) is 0 Å². The van der Waals surface area contributed by atoms with Gasteiger partial charge >= 0.3 is 0 Å². The van der Waals surface area contributed by atoms with E-state index in [2.05, 4.69) is 37.3 Å². The molecule has 3 unspecified atom stereocenters. The lowest BCUT2D eigenvalue weighted by Gasteiger charge is -2.26. The Morgan fingerprint density at radius 1 is 0.833 bits per heavy atom. The van der Waals surface area contributed by atoms with Crippen LogP contribution in [-0.4, -0.2) is 112 Å². The summed E-state index contributed by atoms with van der Waals surface area (Å²) in [5.41, 5.74) is 19.8. The Morgan fingerprint density at radius 2 is 1.43 bits per heavy atom. The number of nitrogens with two attached hydrogens (primary N) is 3. The molecule has 0 aromatic rings. The van der Waals surface area contributed by atoms with Crippen molar-refractivity contribution in [1.29, 1.82) is 0 Å². The highest BCUT2D eigenvalue weighted by molar-refractivity contribution is 5.91. The Labute approximate surface area is 245 Å². The van der Waals surface area contributed by atoms with Crippen molar-refractivity contribution in [3.8, 4) is 0 Å². The Balaban J connectivity index is 5.27. The van der Waals surface area contributed by atoms with Gasteiger partial charge in [0, 0.05) is 13.1 Å². The summed E-state index contributed by atoms with van der Waals surface area (Å²) in [6.07, 6.45) is 4.81. The zero-order valence-corrected chi connectivity index (χ0v) is 24.2. The second-order valence-electron chi connectivity index (χ2n) is 9.84. The maximum Gasteiger partial charge on any atom is 0.280 e. The molecule has 0 rings (SSSR count). The Hall–Kier alpha value is -3.51. The number of carboxylic acids is 1. The second kappa shape index (κ2) is 23.1. The van der Waals surface area contributed by atoms with Crippen molar-refractivity contribution < 1.29 is 39.6 Å². The van der Waals surface area contributed by atoms with Gasteiger partial charge in [-0.3, -0.25) is 14.6 Å². The first kappa shape index (κ1) is 38.5. The second-order valence-corrected chi connectivity index (χ2v) is 9.84. The van der Waals surface area contributed by atoms with Crippen molar-refractivity contribution in [3.05, 3.63) is 0 Å². The average molecular weight is 601 g/mol. The number of carbonyl (C=O) groups is 6. The molecule has 240 valence electrons. The normalized spacial score (nSPS) is 15.2. The van der Waals surface area contributed by atoms with Gasteiger partial charge in [-0.1, -0.05) is 6.42 Å². The highest BCUT2D eigenvalue weighted by atomic mass is 16.4. The van der Waals surface area contributed by atoms with Gasteiger partial charge in [-0.25, -0.2) is 0 Å². The molecule has 0 bridgehead atoms. The van der Waals surface area contributed by atoms with Crippen molar-refractivity contribution in [2.24, 2.45) is 22.2 Å². The standard InChI is InChI=1S/C25H48N10O7/c1-16(13-36)30-10-7-20(34-22(39)19(27)11-32-17(14-37)5-2-3-8-26)23(40)35-21(24(41)42)12-33-18(15-38)6-4-9-31-25(28)29/h13-21,30,32-33H,2-12,26-27H2,1H3,(H,34,39)(H,35,40)(H,41,42)(H4,28,29,31)/t16-,17-,18-,19?,20?,21?/m0/s1. The molecule has 0 aliphatic heterocycles. The van der Waals surface area contributed by atoms with Crippen LogP contribution in [0.5, 0.6) is 0 Å². The van der Waals surface area contributed by atoms with Gasteiger partial charge in [0.2, 0.25) is 5.91 Å². The van der Waals surface area contributed by atoms with E-state index < -0.39 is 54.0 Å². The fourth-order valence-electron chi connectivity index (χ4n) is 3.65. The third-order valence-corrected chi connectivity index (χ3v) is 6.18. The number of amides is 2. The van der Waals surface area contributed by atoms with E-state index in [1.54, 1.807) is 6.92 Å². The van der Waals surface area contributed by atoms with Crippen LogP contribution in [0.1, 0.15) is 45.4 Å². The van der Waals surface area contributed by atoms with E-state index in [1.807, 2.05) is 0 Å². The summed E-state index contributed by atoms with van der Waals surface area (Å²) in [6, 6.07) is -5.33. The van der Waals surface area contributed by atoms with Crippen LogP contribution in [0.4, 0.5) is 0 Å². The van der Waals surface area contributed by atoms with Crippen LogP contribution >= 0.6 is 0 Å². The molecule has 0 spiro atoms. The summed E-state index contributed by atoms with van der Waals surface area (Å²) in [4.78, 5) is 75.1. The number of nitrogens with one attached hydrogen (secondary N) is 5. The van der Waals surface area contributed by atoms with Crippen molar-refractivity contribution in [3.63, 3.8) is 0 Å². The van der Waals surface area contributed by atoms with Crippen molar-refractivity contribution >= 4 is 42.6 Å². The van der Waals surface area contributed by atoms with Crippen molar-refractivity contribution in [2.75, 3.05) is 32.7 Å². The maximum atomic E-state index is 13.1. The van der Waals surface area contributed by atoms with Gasteiger partial charge in [-0.2, -0.15) is 0 Å². The van der Waals surface area contributed by atoms with E-state index in [-0.39, 0.29) is 38.6 Å². The Morgan fingerprint density at radius 3 is 1.98 bits per heavy atom. The average Bonchev–Trinajstić information content (AvgIpc) is 2.96. The van der Waals surface area contributed by atoms with E-state index in [9.17, 15) is 33.9 Å². The molecule has 0 saturated carbocycles. The first-order valence-electron chi connectivity index (χ1n) is 13.9. The van der Waals surface area contributed by atoms with Gasteiger partial charge in [0.05, 0.1) is 36.7 Å². The van der Waals surface area contributed by atoms with Crippen LogP contribution in [0.25, 0.3) is 0 Å². The molecule has 6 atom stereocenters. The highest BCUT2D eigenvalue weighted by Gasteiger charge is 2.28. The predicted octanol–water partition coefficient (Wildman–Crippen LogP) is -6.62. The monoisotopic (exact) mass is 600 g/mol. The lowest BCUT2D eigenvalue weighted by Crippen LogP contribution is -2.72. The van der Waals surface area contributed by atoms with Gasteiger partial charge in [0.15, 0.2) is 12.0 Å². The highest BCUT2D eigenvalue weighted by Crippen LogP contribution is 2.00. The number of carboxylic acid groups (broad SMARTS) is 1. The SMILES string of the molecule is C[C@@H](C=O)NCCC(NC(=O)C([NH3+])CN[C@H](C=O)CCCCN)C(=O)NC(CN[C@H](C=O)CCCN=C(N)N)C(=O)[O-]. The largest absolute Gasteiger partial charge is 0.548 e. The third-order valence-electron chi connectivity index (χ3n) is 6.18. The van der Waals surface area contributed by atoms with E-state index in [0.29, 0.717) is 38.4 Å². The van der Waals surface area contributed by atoms with Crippen LogP contribution in [0.15, 0.2) is 4.99 Å². The van der Waals surface area contributed by atoms with Crippen molar-refractivity contribution in [1.82, 2.24) is 26.6 Å². The molecule has 14 N–H and O–H groups in total. The molecule has 0 aromatic heterocycles. The number of nitrogens with zero attached hydrogens (tertiary/aromatic N) is 1. The molecule has 17 heteroatoms. The summed E-state index contributed by atoms with van der Waals surface area (Å²) in [5.74, 6) is -3.12. The van der Waals surface area contributed by atoms with Gasteiger partial charge in [0.1, 0.15) is 24.9 Å². The molecule has 0 heterocycles. The van der Waals surface area contributed by atoms with E-state index >= 15 is 0 Å². The minimum absolute atomic E-state index is 0.0148. The Bertz CT molecular complexity index is 872. The summed E-state index contributed by atoms with van der Waals surface area (Å²) < 4.78 is 0. The number of aliphatic imine (C=N–C) groups is 1. The summed E-state index contributed by atoms with van der Waals surface area (Å²) >= 11 is 0. The van der Waals surface area contributed by atoms with Gasteiger partial charge in [-0.05, 0) is 52.1 Å². The van der Waals surface area contributed by atoms with Crippen LogP contribution in [-0.2, 0) is 28.8 Å². The lowest BCUT2D eigenvalue weighted by molar-refractivity contribution is -0.401. The molecule has 0 aromatic carbocycles. The predicted molar refractivity (Wildman–Crippen MR) is 152 cm³/mol. The number of carbonyl (C=O) groups excluding carboxylic acids is 6. The number of aldehydes is 3. The summed E-state index contributed by atoms with van der Waals surface area (Å²) in [5, 5.41) is 25.2. The number of unbranched alkanes of at least 4 members (excludes halogenated alkanes) is 1. The lowest BCUT2D eigenvalue weighted by atomic mass is 10.1. The first-order valence-corrected chi connectivity index (χ1v) is 13.9. The molecule has 0 aliphatic carbocycles. The number of hydrogen-bond donors (Lipinski definition) is 9. The number of guanidine groups is 1. The fraction of sp³-hybridized carbons (Fsp3) is 0.720. The zero-order chi connectivity index (χ0) is 31.9. The quantitative estimate of drug-likeness (QED) is 0.0193. The van der Waals surface area contributed by atoms with Crippen molar-refractivity contribution in [2.45, 2.75) is 81.7 Å². The number of hydrogen-bond acceptors (Lipinski definition) is 12. The molecular weight excluding hydrogens is 552 g/mol. The molecule has 0 saturated heterocycles. The molecule has 17 nitrogen and oxygen atoms in total. The molecule has 2 amide bonds. The molecular formula is C25H48N10O7. The molecule has 42 heavy (non-hydrogen) atoms. The smallest absolute Gasteiger partial charge is 0.280 e.